The number of nitrogens with one attached hydrogen (secondary N) is 1. The number of hydrogen-bond donors (Lipinski definition) is 1. The van der Waals surface area contributed by atoms with Gasteiger partial charge in [0.15, 0.2) is 5.65 Å². The van der Waals surface area contributed by atoms with Gasteiger partial charge in [-0.3, -0.25) is 4.79 Å². The molecule has 2 aromatic heterocycles. The normalized spacial score (nSPS) is 17.0. The van der Waals surface area contributed by atoms with Crippen molar-refractivity contribution in [2.24, 2.45) is 5.92 Å². The third-order valence-electron chi connectivity index (χ3n) is 4.72. The second kappa shape index (κ2) is 6.74. The Bertz CT molecular complexity index is 954. The lowest BCUT2D eigenvalue weighted by Crippen LogP contribution is -2.33. The minimum Gasteiger partial charge on any atom is -0.356 e. The number of nitrogens with zero attached hydrogens (tertiary/aromatic N) is 4. The van der Waals surface area contributed by atoms with Gasteiger partial charge in [-0.1, -0.05) is 12.1 Å². The Morgan fingerprint density at radius 3 is 3.00 bits per heavy atom. The molecule has 134 valence electrons. The number of carbonyl (C=O) groups excluding carboxylic acids is 1. The van der Waals surface area contributed by atoms with Crippen molar-refractivity contribution >= 4 is 17.4 Å². The molecule has 6 nitrogen and oxygen atoms in total. The molecule has 1 atom stereocenters. The van der Waals surface area contributed by atoms with E-state index in [-0.39, 0.29) is 17.6 Å². The minimum absolute atomic E-state index is 0.0503. The molecule has 1 aliphatic rings. The van der Waals surface area contributed by atoms with Crippen molar-refractivity contribution in [3.8, 4) is 11.3 Å². The molecule has 0 bridgehead atoms. The molecule has 4 rings (SSSR count). The van der Waals surface area contributed by atoms with Crippen LogP contribution in [0.25, 0.3) is 16.9 Å². The van der Waals surface area contributed by atoms with Crippen molar-refractivity contribution < 1.29 is 9.18 Å². The van der Waals surface area contributed by atoms with Crippen LogP contribution in [0.1, 0.15) is 13.3 Å². The lowest BCUT2D eigenvalue weighted by atomic mass is 10.1. The Morgan fingerprint density at radius 2 is 2.19 bits per heavy atom. The largest absolute Gasteiger partial charge is 0.356 e. The van der Waals surface area contributed by atoms with Gasteiger partial charge in [-0.15, -0.1) is 0 Å². The van der Waals surface area contributed by atoms with Gasteiger partial charge in [-0.05, 0) is 25.5 Å². The maximum atomic E-state index is 14.2. The van der Waals surface area contributed by atoms with Gasteiger partial charge >= 0.3 is 0 Å². The van der Waals surface area contributed by atoms with Crippen molar-refractivity contribution in [2.45, 2.75) is 13.3 Å². The molecule has 26 heavy (non-hydrogen) atoms. The van der Waals surface area contributed by atoms with E-state index < -0.39 is 0 Å². The van der Waals surface area contributed by atoms with E-state index in [2.05, 4.69) is 20.3 Å². The first kappa shape index (κ1) is 16.5. The van der Waals surface area contributed by atoms with Crippen LogP contribution >= 0.6 is 0 Å². The Kier molecular flexibility index (Phi) is 4.28. The van der Waals surface area contributed by atoms with Crippen LogP contribution in [0.4, 0.5) is 10.2 Å². The van der Waals surface area contributed by atoms with Crippen LogP contribution in [0.2, 0.25) is 0 Å². The summed E-state index contributed by atoms with van der Waals surface area (Å²) in [6.07, 6.45) is 2.46. The van der Waals surface area contributed by atoms with E-state index in [1.807, 2.05) is 13.0 Å². The summed E-state index contributed by atoms with van der Waals surface area (Å²) in [5.74, 6) is 0.544. The molecule has 0 saturated carbocycles. The molecule has 1 N–H and O–H groups in total. The summed E-state index contributed by atoms with van der Waals surface area (Å²) in [7, 11) is 0. The van der Waals surface area contributed by atoms with E-state index in [9.17, 15) is 9.18 Å². The number of benzene rings is 1. The second-order valence-electron chi connectivity index (χ2n) is 6.41. The van der Waals surface area contributed by atoms with Crippen LogP contribution in [0.5, 0.6) is 0 Å². The number of hydrogen-bond acceptors (Lipinski definition) is 4. The maximum Gasteiger partial charge on any atom is 0.224 e. The van der Waals surface area contributed by atoms with Gasteiger partial charge in [-0.25, -0.2) is 9.37 Å². The Labute approximate surface area is 150 Å². The SMILES string of the molecule is CCNC(=O)[C@@H]1CCN(c2cc(-c3ccccc3F)nc3ccnn23)C1. The zero-order valence-corrected chi connectivity index (χ0v) is 14.5. The average molecular weight is 353 g/mol. The molecule has 1 amide bonds. The highest BCUT2D eigenvalue weighted by Gasteiger charge is 2.29. The molecular weight excluding hydrogens is 333 g/mol. The predicted molar refractivity (Wildman–Crippen MR) is 97.4 cm³/mol. The van der Waals surface area contributed by atoms with E-state index in [1.54, 1.807) is 35.0 Å². The van der Waals surface area contributed by atoms with Crippen molar-refractivity contribution in [2.75, 3.05) is 24.5 Å². The molecule has 1 aliphatic heterocycles. The van der Waals surface area contributed by atoms with Gasteiger partial charge in [0.2, 0.25) is 5.91 Å². The van der Waals surface area contributed by atoms with Crippen LogP contribution in [-0.4, -0.2) is 40.1 Å². The number of halogens is 1. The number of amides is 1. The number of aromatic nitrogens is 3. The molecule has 0 radical (unpaired) electrons. The number of rotatable bonds is 4. The summed E-state index contributed by atoms with van der Waals surface area (Å²) in [5, 5.41) is 7.23. The topological polar surface area (TPSA) is 62.5 Å². The third-order valence-corrected chi connectivity index (χ3v) is 4.72. The minimum atomic E-state index is -0.309. The Hall–Kier alpha value is -2.96. The van der Waals surface area contributed by atoms with E-state index in [0.717, 1.165) is 18.8 Å². The van der Waals surface area contributed by atoms with Gasteiger partial charge in [0.25, 0.3) is 0 Å². The molecule has 1 fully saturated rings. The Morgan fingerprint density at radius 1 is 1.35 bits per heavy atom. The van der Waals surface area contributed by atoms with Crippen molar-refractivity contribution in [3.05, 3.63) is 48.4 Å². The highest BCUT2D eigenvalue weighted by Crippen LogP contribution is 2.29. The quantitative estimate of drug-likeness (QED) is 0.783. The van der Waals surface area contributed by atoms with Crippen LogP contribution in [0, 0.1) is 11.7 Å². The number of fused-ring (bicyclic) bond motifs is 1. The summed E-state index contributed by atoms with van der Waals surface area (Å²) in [5.41, 5.74) is 1.67. The first-order valence-electron chi connectivity index (χ1n) is 8.79. The average Bonchev–Trinajstić information content (AvgIpc) is 3.31. The van der Waals surface area contributed by atoms with Crippen molar-refractivity contribution in [1.82, 2.24) is 19.9 Å². The van der Waals surface area contributed by atoms with Gasteiger partial charge in [0.1, 0.15) is 11.6 Å². The molecule has 3 heterocycles. The van der Waals surface area contributed by atoms with Gasteiger partial charge in [0.05, 0.1) is 17.8 Å². The summed E-state index contributed by atoms with van der Waals surface area (Å²) in [6, 6.07) is 10.2. The second-order valence-corrected chi connectivity index (χ2v) is 6.41. The van der Waals surface area contributed by atoms with Gasteiger partial charge in [-0.2, -0.15) is 9.61 Å². The van der Waals surface area contributed by atoms with Gasteiger partial charge < -0.3 is 10.2 Å². The van der Waals surface area contributed by atoms with Crippen LogP contribution < -0.4 is 10.2 Å². The smallest absolute Gasteiger partial charge is 0.224 e. The number of anilines is 1. The highest BCUT2D eigenvalue weighted by atomic mass is 19.1. The Balaban J connectivity index is 1.72. The van der Waals surface area contributed by atoms with E-state index in [1.165, 1.54) is 6.07 Å². The van der Waals surface area contributed by atoms with E-state index in [0.29, 0.717) is 30.0 Å². The summed E-state index contributed by atoms with van der Waals surface area (Å²) in [6.45, 7) is 3.91. The van der Waals surface area contributed by atoms with E-state index >= 15 is 0 Å². The zero-order valence-electron chi connectivity index (χ0n) is 14.5. The monoisotopic (exact) mass is 353 g/mol. The molecule has 0 aliphatic carbocycles. The van der Waals surface area contributed by atoms with Crippen molar-refractivity contribution in [1.29, 1.82) is 0 Å². The lowest BCUT2D eigenvalue weighted by molar-refractivity contribution is -0.124. The summed E-state index contributed by atoms with van der Waals surface area (Å²) in [4.78, 5) is 18.8. The van der Waals surface area contributed by atoms with Crippen molar-refractivity contribution in [3.63, 3.8) is 0 Å². The van der Waals surface area contributed by atoms with Crippen LogP contribution in [0.3, 0.4) is 0 Å². The van der Waals surface area contributed by atoms with Crippen LogP contribution in [0.15, 0.2) is 42.6 Å². The fourth-order valence-electron chi connectivity index (χ4n) is 3.43. The first-order valence-corrected chi connectivity index (χ1v) is 8.79. The maximum absolute atomic E-state index is 14.2. The third kappa shape index (κ3) is 2.89. The molecule has 1 aromatic carbocycles. The lowest BCUT2D eigenvalue weighted by Gasteiger charge is -2.20. The fraction of sp³-hybridized carbons (Fsp3) is 0.316. The van der Waals surface area contributed by atoms with Gasteiger partial charge in [0, 0.05) is 37.3 Å². The molecule has 7 heteroatoms. The zero-order chi connectivity index (χ0) is 18.1. The molecule has 3 aromatic rings. The standard InChI is InChI=1S/C19H20FN5O/c1-2-21-19(26)13-8-10-24(12-13)18-11-16(14-5-3-4-6-15(14)20)23-17-7-9-22-25(17)18/h3-7,9,11,13H,2,8,10,12H2,1H3,(H,21,26)/t13-/m1/s1. The van der Waals surface area contributed by atoms with Crippen LogP contribution in [-0.2, 0) is 4.79 Å². The predicted octanol–water partition coefficient (Wildman–Crippen LogP) is 2.50. The molecule has 1 saturated heterocycles. The highest BCUT2D eigenvalue weighted by molar-refractivity contribution is 5.80. The molecular formula is C19H20FN5O. The fourth-order valence-corrected chi connectivity index (χ4v) is 3.43. The van der Waals surface area contributed by atoms with E-state index in [4.69, 9.17) is 0 Å². The molecule has 0 unspecified atom stereocenters. The first-order chi connectivity index (χ1) is 12.7. The number of carbonyl (C=O) groups is 1. The summed E-state index contributed by atoms with van der Waals surface area (Å²) >= 11 is 0. The molecule has 0 spiro atoms. The summed E-state index contributed by atoms with van der Waals surface area (Å²) < 4.78 is 16.0.